The molecule has 3 aliphatic carbocycles. The second-order valence-corrected chi connectivity index (χ2v) is 12.2. The summed E-state index contributed by atoms with van der Waals surface area (Å²) in [5, 5.41) is 10.2. The van der Waals surface area contributed by atoms with Crippen molar-refractivity contribution < 1.29 is 9.84 Å². The molecule has 3 heteroatoms. The Morgan fingerprint density at radius 2 is 1.89 bits per heavy atom. The summed E-state index contributed by atoms with van der Waals surface area (Å²) in [5.41, 5.74) is 10.5. The Morgan fingerprint density at radius 1 is 1.06 bits per heavy atom. The molecule has 35 heavy (non-hydrogen) atoms. The molecular formula is C32H39NO2. The highest BCUT2D eigenvalue weighted by molar-refractivity contribution is 5.38. The summed E-state index contributed by atoms with van der Waals surface area (Å²) in [6.45, 7) is 4.51. The van der Waals surface area contributed by atoms with Crippen molar-refractivity contribution in [1.29, 1.82) is 0 Å². The topological polar surface area (TPSA) is 55.5 Å². The lowest BCUT2D eigenvalue weighted by Crippen LogP contribution is -2.71. The van der Waals surface area contributed by atoms with Crippen LogP contribution in [0.15, 0.2) is 48.5 Å². The average Bonchev–Trinajstić information content (AvgIpc) is 2.84. The summed E-state index contributed by atoms with van der Waals surface area (Å²) >= 11 is 0. The first-order valence-electron chi connectivity index (χ1n) is 13.6. The molecule has 2 saturated heterocycles. The molecule has 2 aromatic rings. The van der Waals surface area contributed by atoms with Crippen molar-refractivity contribution in [1.82, 2.24) is 0 Å². The zero-order valence-electron chi connectivity index (χ0n) is 21.2. The highest BCUT2D eigenvalue weighted by atomic mass is 16.5. The van der Waals surface area contributed by atoms with E-state index >= 15 is 0 Å². The van der Waals surface area contributed by atoms with Crippen LogP contribution in [0.3, 0.4) is 0 Å². The maximum atomic E-state index is 10.2. The average molecular weight is 470 g/mol. The van der Waals surface area contributed by atoms with Gasteiger partial charge in [-0.2, -0.15) is 0 Å². The minimum absolute atomic E-state index is 0.0601. The number of phenolic OH excluding ortho intramolecular Hbond substituents is 1. The lowest BCUT2D eigenvalue weighted by atomic mass is 9.53. The van der Waals surface area contributed by atoms with Gasteiger partial charge in [0.05, 0.1) is 17.1 Å². The van der Waals surface area contributed by atoms with Gasteiger partial charge in [-0.15, -0.1) is 0 Å². The first kappa shape index (κ1) is 23.1. The Morgan fingerprint density at radius 3 is 2.69 bits per heavy atom. The SMILES string of the molecule is CC1(C)O[C@@]23CC[C@@H]1[C@H](N)[C@H]2C#CCc1cc(O)ccc1C[C@@H]1C[C@@H]3CC[C@@H]1Cc1ccccc1. The molecule has 7 atom stereocenters. The maximum Gasteiger partial charge on any atom is 0.115 e. The highest BCUT2D eigenvalue weighted by Crippen LogP contribution is 2.58. The van der Waals surface area contributed by atoms with Gasteiger partial charge in [0, 0.05) is 18.4 Å². The van der Waals surface area contributed by atoms with E-state index in [0.717, 1.165) is 25.7 Å². The number of rotatable bonds is 2. The van der Waals surface area contributed by atoms with Gasteiger partial charge >= 0.3 is 0 Å². The van der Waals surface area contributed by atoms with E-state index in [1.165, 1.54) is 36.0 Å². The van der Waals surface area contributed by atoms with Crippen LogP contribution in [-0.2, 0) is 24.0 Å². The first-order chi connectivity index (χ1) is 16.9. The molecule has 2 heterocycles. The Balaban J connectivity index is 1.41. The third kappa shape index (κ3) is 4.00. The largest absolute Gasteiger partial charge is 0.508 e. The van der Waals surface area contributed by atoms with Crippen molar-refractivity contribution in [3.8, 4) is 17.6 Å². The van der Waals surface area contributed by atoms with Gasteiger partial charge in [0.1, 0.15) is 5.75 Å². The highest BCUT2D eigenvalue weighted by Gasteiger charge is 2.63. The van der Waals surface area contributed by atoms with E-state index < -0.39 is 0 Å². The van der Waals surface area contributed by atoms with Gasteiger partial charge in [0.2, 0.25) is 0 Å². The Labute approximate surface area is 210 Å². The van der Waals surface area contributed by atoms with Gasteiger partial charge in [0.25, 0.3) is 0 Å². The lowest BCUT2D eigenvalue weighted by molar-refractivity contribution is -0.286. The van der Waals surface area contributed by atoms with Crippen LogP contribution in [0, 0.1) is 41.4 Å². The van der Waals surface area contributed by atoms with Crippen molar-refractivity contribution in [2.24, 2.45) is 35.3 Å². The van der Waals surface area contributed by atoms with Crippen molar-refractivity contribution in [2.45, 2.75) is 82.5 Å². The molecule has 2 aliphatic heterocycles. The number of fused-ring (bicyclic) bond motifs is 5. The van der Waals surface area contributed by atoms with E-state index in [2.05, 4.69) is 62.1 Å². The molecule has 5 aliphatic rings. The van der Waals surface area contributed by atoms with Crippen LogP contribution in [0.5, 0.6) is 5.75 Å². The first-order valence-corrected chi connectivity index (χ1v) is 13.6. The number of hydrogen-bond donors (Lipinski definition) is 2. The van der Waals surface area contributed by atoms with Crippen molar-refractivity contribution in [3.63, 3.8) is 0 Å². The van der Waals surface area contributed by atoms with E-state index in [-0.39, 0.29) is 23.2 Å². The molecule has 7 rings (SSSR count). The fourth-order valence-corrected chi connectivity index (χ4v) is 8.26. The third-order valence-electron chi connectivity index (χ3n) is 9.95. The van der Waals surface area contributed by atoms with Gasteiger partial charge in [-0.1, -0.05) is 48.2 Å². The summed E-state index contributed by atoms with van der Waals surface area (Å²) in [5.74, 6) is 9.66. The molecule has 2 saturated carbocycles. The maximum absolute atomic E-state index is 10.2. The fraction of sp³-hybridized carbons (Fsp3) is 0.562. The second kappa shape index (κ2) is 8.68. The smallest absolute Gasteiger partial charge is 0.115 e. The van der Waals surface area contributed by atoms with Crippen LogP contribution in [0.2, 0.25) is 0 Å². The van der Waals surface area contributed by atoms with E-state index in [1.807, 2.05) is 12.1 Å². The predicted octanol–water partition coefficient (Wildman–Crippen LogP) is 5.67. The summed E-state index contributed by atoms with van der Waals surface area (Å²) in [4.78, 5) is 0. The molecular weight excluding hydrogens is 430 g/mol. The summed E-state index contributed by atoms with van der Waals surface area (Å²) in [6.07, 6.45) is 8.67. The number of benzene rings is 2. The second-order valence-electron chi connectivity index (χ2n) is 12.2. The van der Waals surface area contributed by atoms with Crippen LogP contribution in [0.4, 0.5) is 0 Å². The van der Waals surface area contributed by atoms with E-state index in [1.54, 1.807) is 0 Å². The van der Waals surface area contributed by atoms with Crippen molar-refractivity contribution >= 4 is 0 Å². The molecule has 0 amide bonds. The van der Waals surface area contributed by atoms with E-state index in [9.17, 15) is 5.11 Å². The van der Waals surface area contributed by atoms with E-state index in [0.29, 0.717) is 35.8 Å². The van der Waals surface area contributed by atoms with Gasteiger partial charge in [0.15, 0.2) is 0 Å². The van der Waals surface area contributed by atoms with Crippen LogP contribution < -0.4 is 5.73 Å². The molecule has 184 valence electrons. The van der Waals surface area contributed by atoms with Crippen LogP contribution in [-0.4, -0.2) is 22.4 Å². The zero-order valence-corrected chi connectivity index (χ0v) is 21.2. The van der Waals surface area contributed by atoms with Gasteiger partial charge in [-0.25, -0.2) is 0 Å². The number of hydrogen-bond acceptors (Lipinski definition) is 3. The van der Waals surface area contributed by atoms with Gasteiger partial charge < -0.3 is 15.6 Å². The van der Waals surface area contributed by atoms with Crippen molar-refractivity contribution in [3.05, 3.63) is 65.2 Å². The minimum Gasteiger partial charge on any atom is -0.508 e. The quantitative estimate of drug-likeness (QED) is 0.557. The molecule has 4 fully saturated rings. The standard InChI is InChI=1S/C32H39NO2/c1-31(2)28-15-16-32(35-31)26-13-11-23(17-21-7-4-3-5-8-21)25(19-26)18-24-12-14-27(34)20-22(24)9-6-10-29(32)30(28)33/h3-5,7-8,12,14,20,23,25-26,28-30,34H,9,11,13,15-19,33H2,1-2H3/t23-,25-,26+,28-,29-,30+,32-/m1/s1. The number of phenols is 1. The fourth-order valence-electron chi connectivity index (χ4n) is 8.26. The third-order valence-corrected chi connectivity index (χ3v) is 9.95. The van der Waals surface area contributed by atoms with Crippen LogP contribution in [0.1, 0.15) is 62.6 Å². The Kier molecular flexibility index (Phi) is 5.74. The molecule has 0 aromatic heterocycles. The normalized spacial score (nSPS) is 37.2. The lowest BCUT2D eigenvalue weighted by Gasteiger charge is -2.64. The Bertz CT molecular complexity index is 1150. The summed E-state index contributed by atoms with van der Waals surface area (Å²) < 4.78 is 7.12. The molecule has 3 N–H and O–H groups in total. The number of ether oxygens (including phenoxy) is 1. The number of aromatic hydroxyl groups is 1. The molecule has 2 aromatic carbocycles. The molecule has 4 bridgehead atoms. The van der Waals surface area contributed by atoms with Crippen LogP contribution in [0.25, 0.3) is 0 Å². The Hall–Kier alpha value is -2.28. The molecule has 0 unspecified atom stereocenters. The zero-order chi connectivity index (χ0) is 24.2. The summed E-state index contributed by atoms with van der Waals surface area (Å²) in [7, 11) is 0. The molecule has 3 nitrogen and oxygen atoms in total. The number of nitrogens with two attached hydrogens (primary N) is 1. The monoisotopic (exact) mass is 469 g/mol. The van der Waals surface area contributed by atoms with Crippen LogP contribution >= 0.6 is 0 Å². The van der Waals surface area contributed by atoms with E-state index in [4.69, 9.17) is 10.5 Å². The predicted molar refractivity (Wildman–Crippen MR) is 140 cm³/mol. The summed E-state index contributed by atoms with van der Waals surface area (Å²) in [6, 6.07) is 17.0. The minimum atomic E-state index is -0.237. The van der Waals surface area contributed by atoms with Gasteiger partial charge in [-0.05, 0) is 105 Å². The molecule has 1 spiro atoms. The molecule has 0 radical (unpaired) electrons. The van der Waals surface area contributed by atoms with Crippen molar-refractivity contribution in [2.75, 3.05) is 0 Å². The van der Waals surface area contributed by atoms with Gasteiger partial charge in [-0.3, -0.25) is 0 Å².